The molecule has 0 fully saturated rings. The lowest BCUT2D eigenvalue weighted by Crippen LogP contribution is -2.22. The Kier molecular flexibility index (Phi) is 6.80. The molecule has 106 valence electrons. The maximum atomic E-state index is 5.84. The minimum Gasteiger partial charge on any atom is -0.457 e. The van der Waals surface area contributed by atoms with E-state index in [2.05, 4.69) is 20.9 Å². The highest BCUT2D eigenvalue weighted by atomic mass is 127. The number of hydrogen-bond acceptors (Lipinski definition) is 2. The van der Waals surface area contributed by atoms with Gasteiger partial charge in [0.15, 0.2) is 5.96 Å². The number of nitrogens with two attached hydrogens (primary N) is 2. The molecule has 6 heteroatoms. The van der Waals surface area contributed by atoms with Crippen molar-refractivity contribution < 1.29 is 4.74 Å². The zero-order valence-electron chi connectivity index (χ0n) is 10.6. The Morgan fingerprint density at radius 2 is 1.80 bits per heavy atom. The number of aliphatic imine (C=N–C) groups is 1. The van der Waals surface area contributed by atoms with Crippen molar-refractivity contribution in [2.45, 2.75) is 6.54 Å². The lowest BCUT2D eigenvalue weighted by molar-refractivity contribution is 0.476. The van der Waals surface area contributed by atoms with E-state index in [1.54, 1.807) is 0 Å². The number of hydrogen-bond donors (Lipinski definition) is 2. The Balaban J connectivity index is 0.00000200. The first-order valence-corrected chi connectivity index (χ1v) is 6.51. The largest absolute Gasteiger partial charge is 0.457 e. The van der Waals surface area contributed by atoms with Gasteiger partial charge in [0.05, 0.1) is 6.54 Å². The number of guanidine groups is 1. The van der Waals surface area contributed by atoms with Gasteiger partial charge in [-0.3, -0.25) is 0 Å². The molecule has 0 saturated heterocycles. The van der Waals surface area contributed by atoms with E-state index >= 15 is 0 Å². The number of para-hydroxylation sites is 1. The Morgan fingerprint density at radius 1 is 1.10 bits per heavy atom. The molecule has 0 unspecified atom stereocenters. The van der Waals surface area contributed by atoms with E-state index in [1.807, 2.05) is 48.5 Å². The van der Waals surface area contributed by atoms with Crippen LogP contribution in [-0.4, -0.2) is 5.96 Å². The van der Waals surface area contributed by atoms with Gasteiger partial charge in [0.1, 0.15) is 11.5 Å². The van der Waals surface area contributed by atoms with E-state index in [1.165, 1.54) is 0 Å². The van der Waals surface area contributed by atoms with Crippen molar-refractivity contribution in [3.8, 4) is 11.5 Å². The molecule has 0 amide bonds. The molecule has 0 spiro atoms. The SMILES string of the molecule is I.NC(N)=NCc1ccc(Br)cc1Oc1ccccc1. The van der Waals surface area contributed by atoms with Crippen LogP contribution in [0.5, 0.6) is 11.5 Å². The summed E-state index contributed by atoms with van der Waals surface area (Å²) in [7, 11) is 0. The molecule has 0 aliphatic heterocycles. The van der Waals surface area contributed by atoms with Gasteiger partial charge in [-0.25, -0.2) is 4.99 Å². The summed E-state index contributed by atoms with van der Waals surface area (Å²) in [6.45, 7) is 0.387. The second-order valence-corrected chi connectivity index (χ2v) is 4.82. The maximum Gasteiger partial charge on any atom is 0.186 e. The normalized spacial score (nSPS) is 9.45. The fourth-order valence-corrected chi connectivity index (χ4v) is 1.89. The van der Waals surface area contributed by atoms with Crippen molar-refractivity contribution in [1.82, 2.24) is 0 Å². The predicted molar refractivity (Wildman–Crippen MR) is 95.6 cm³/mol. The highest BCUT2D eigenvalue weighted by molar-refractivity contribution is 14.0. The molecule has 2 aromatic carbocycles. The second-order valence-electron chi connectivity index (χ2n) is 3.91. The highest BCUT2D eigenvalue weighted by Gasteiger charge is 2.05. The van der Waals surface area contributed by atoms with Crippen LogP contribution in [0.15, 0.2) is 58.0 Å². The third-order valence-corrected chi connectivity index (χ3v) is 2.93. The second kappa shape index (κ2) is 8.11. The monoisotopic (exact) mass is 447 g/mol. The van der Waals surface area contributed by atoms with E-state index in [4.69, 9.17) is 16.2 Å². The summed E-state index contributed by atoms with van der Waals surface area (Å²) in [6, 6.07) is 15.3. The van der Waals surface area contributed by atoms with Crippen molar-refractivity contribution >= 4 is 45.9 Å². The lowest BCUT2D eigenvalue weighted by atomic mass is 10.2. The molecule has 0 heterocycles. The quantitative estimate of drug-likeness (QED) is 0.427. The molecule has 2 aromatic rings. The molecule has 0 aliphatic carbocycles. The Labute approximate surface area is 143 Å². The topological polar surface area (TPSA) is 73.6 Å². The van der Waals surface area contributed by atoms with Crippen molar-refractivity contribution in [2.75, 3.05) is 0 Å². The summed E-state index contributed by atoms with van der Waals surface area (Å²) in [5.41, 5.74) is 11.6. The first kappa shape index (κ1) is 16.8. The first-order valence-electron chi connectivity index (χ1n) is 5.72. The van der Waals surface area contributed by atoms with Crippen molar-refractivity contribution in [2.24, 2.45) is 16.5 Å². The van der Waals surface area contributed by atoms with E-state index in [-0.39, 0.29) is 29.9 Å². The van der Waals surface area contributed by atoms with Gasteiger partial charge in [0.2, 0.25) is 0 Å². The maximum absolute atomic E-state index is 5.84. The summed E-state index contributed by atoms with van der Waals surface area (Å²) in [5.74, 6) is 1.56. The summed E-state index contributed by atoms with van der Waals surface area (Å²) in [4.78, 5) is 4.00. The van der Waals surface area contributed by atoms with Gasteiger partial charge in [0, 0.05) is 10.0 Å². The van der Waals surface area contributed by atoms with Crippen LogP contribution in [0.3, 0.4) is 0 Å². The molecule has 0 aromatic heterocycles. The van der Waals surface area contributed by atoms with Crippen molar-refractivity contribution in [3.05, 3.63) is 58.6 Å². The number of rotatable bonds is 4. The van der Waals surface area contributed by atoms with Crippen LogP contribution in [0, 0.1) is 0 Å². The fraction of sp³-hybridized carbons (Fsp3) is 0.0714. The lowest BCUT2D eigenvalue weighted by Gasteiger charge is -2.10. The molecule has 4 nitrogen and oxygen atoms in total. The molecule has 0 saturated carbocycles. The van der Waals surface area contributed by atoms with Gasteiger partial charge in [-0.05, 0) is 24.3 Å². The Bertz CT molecular complexity index is 586. The number of ether oxygens (including phenoxy) is 1. The summed E-state index contributed by atoms with van der Waals surface area (Å²) in [6.07, 6.45) is 0. The van der Waals surface area contributed by atoms with Crippen LogP contribution in [0.2, 0.25) is 0 Å². The standard InChI is InChI=1S/C14H14BrN3O.HI/c15-11-7-6-10(9-18-14(16)17)13(8-11)19-12-4-2-1-3-5-12;/h1-8H,9H2,(H4,16,17,18);1H. The molecule has 0 atom stereocenters. The summed E-state index contributed by atoms with van der Waals surface area (Å²) >= 11 is 3.42. The molecule has 0 radical (unpaired) electrons. The average Bonchev–Trinajstić information content (AvgIpc) is 2.39. The van der Waals surface area contributed by atoms with Crippen LogP contribution in [0.1, 0.15) is 5.56 Å². The van der Waals surface area contributed by atoms with Gasteiger partial charge in [-0.15, -0.1) is 24.0 Å². The van der Waals surface area contributed by atoms with E-state index in [9.17, 15) is 0 Å². The van der Waals surface area contributed by atoms with E-state index in [0.29, 0.717) is 6.54 Å². The number of halogens is 2. The van der Waals surface area contributed by atoms with Crippen LogP contribution in [0.25, 0.3) is 0 Å². The Morgan fingerprint density at radius 3 is 2.45 bits per heavy atom. The van der Waals surface area contributed by atoms with E-state index in [0.717, 1.165) is 21.5 Å². The van der Waals surface area contributed by atoms with Gasteiger partial charge in [0.25, 0.3) is 0 Å². The smallest absolute Gasteiger partial charge is 0.186 e. The zero-order valence-corrected chi connectivity index (χ0v) is 14.5. The van der Waals surface area contributed by atoms with Crippen LogP contribution < -0.4 is 16.2 Å². The molecule has 4 N–H and O–H groups in total. The molecular formula is C14H15BrIN3O. The predicted octanol–water partition coefficient (Wildman–Crippen LogP) is 3.63. The summed E-state index contributed by atoms with van der Waals surface area (Å²) < 4.78 is 6.78. The van der Waals surface area contributed by atoms with Gasteiger partial charge < -0.3 is 16.2 Å². The highest BCUT2D eigenvalue weighted by Crippen LogP contribution is 2.29. The van der Waals surface area contributed by atoms with Crippen molar-refractivity contribution in [3.63, 3.8) is 0 Å². The van der Waals surface area contributed by atoms with Gasteiger partial charge in [-0.1, -0.05) is 40.2 Å². The summed E-state index contributed by atoms with van der Waals surface area (Å²) in [5, 5.41) is 0. The molecule has 20 heavy (non-hydrogen) atoms. The minimum absolute atomic E-state index is 0. The Hall–Kier alpha value is -1.28. The number of nitrogens with zero attached hydrogens (tertiary/aromatic N) is 1. The van der Waals surface area contributed by atoms with Crippen molar-refractivity contribution in [1.29, 1.82) is 0 Å². The van der Waals surface area contributed by atoms with Crippen LogP contribution in [0.4, 0.5) is 0 Å². The van der Waals surface area contributed by atoms with Gasteiger partial charge in [-0.2, -0.15) is 0 Å². The third-order valence-electron chi connectivity index (χ3n) is 2.43. The van der Waals surface area contributed by atoms with Gasteiger partial charge >= 0.3 is 0 Å². The molecule has 2 rings (SSSR count). The van der Waals surface area contributed by atoms with Crippen LogP contribution in [-0.2, 0) is 6.54 Å². The molecule has 0 aliphatic rings. The molecule has 0 bridgehead atoms. The first-order chi connectivity index (χ1) is 9.15. The third kappa shape index (κ3) is 5.01. The molecular weight excluding hydrogens is 433 g/mol. The minimum atomic E-state index is 0. The average molecular weight is 448 g/mol. The van der Waals surface area contributed by atoms with E-state index < -0.39 is 0 Å². The number of benzene rings is 2. The van der Waals surface area contributed by atoms with Crippen LogP contribution >= 0.6 is 39.9 Å². The zero-order chi connectivity index (χ0) is 13.7. The fourth-order valence-electron chi connectivity index (χ4n) is 1.55.